The molecule has 0 spiro atoms. The van der Waals surface area contributed by atoms with Crippen molar-refractivity contribution >= 4 is 17.5 Å². The molecule has 150 valence electrons. The van der Waals surface area contributed by atoms with Crippen LogP contribution in [-0.4, -0.2) is 27.4 Å². The summed E-state index contributed by atoms with van der Waals surface area (Å²) in [4.78, 5) is 29.6. The van der Waals surface area contributed by atoms with E-state index in [2.05, 4.69) is 15.6 Å². The van der Waals surface area contributed by atoms with Gasteiger partial charge < -0.3 is 15.2 Å². The van der Waals surface area contributed by atoms with Crippen LogP contribution in [0.5, 0.6) is 0 Å². The summed E-state index contributed by atoms with van der Waals surface area (Å²) in [7, 11) is 0. The molecule has 0 aliphatic carbocycles. The minimum atomic E-state index is -0.615. The van der Waals surface area contributed by atoms with Crippen molar-refractivity contribution in [1.82, 2.24) is 14.9 Å². The second-order valence-electron chi connectivity index (χ2n) is 7.48. The van der Waals surface area contributed by atoms with Crippen LogP contribution in [0.3, 0.4) is 0 Å². The number of aryl methyl sites for hydroxylation is 1. The Bertz CT molecular complexity index is 963. The molecule has 0 bridgehead atoms. The fourth-order valence-corrected chi connectivity index (χ4v) is 3.12. The molecule has 1 aromatic heterocycles. The van der Waals surface area contributed by atoms with E-state index >= 15 is 0 Å². The number of hydrogen-bond acceptors (Lipinski definition) is 3. The van der Waals surface area contributed by atoms with Crippen LogP contribution in [0.4, 0.5) is 5.69 Å². The minimum Gasteiger partial charge on any atom is -0.340 e. The zero-order chi connectivity index (χ0) is 20.8. The lowest BCUT2D eigenvalue weighted by molar-refractivity contribution is -0.118. The van der Waals surface area contributed by atoms with Gasteiger partial charge in [-0.05, 0) is 55.2 Å². The van der Waals surface area contributed by atoms with Crippen molar-refractivity contribution < 1.29 is 9.59 Å². The lowest BCUT2D eigenvalue weighted by atomic mass is 10.0. The molecular weight excluding hydrogens is 364 g/mol. The Labute approximate surface area is 171 Å². The van der Waals surface area contributed by atoms with Crippen LogP contribution < -0.4 is 10.6 Å². The predicted octanol–water partition coefficient (Wildman–Crippen LogP) is 3.96. The van der Waals surface area contributed by atoms with Gasteiger partial charge in [0.1, 0.15) is 6.04 Å². The van der Waals surface area contributed by atoms with E-state index in [0.717, 1.165) is 11.3 Å². The van der Waals surface area contributed by atoms with E-state index in [1.807, 2.05) is 74.0 Å². The molecule has 29 heavy (non-hydrogen) atoms. The lowest BCUT2D eigenvalue weighted by Gasteiger charge is -2.21. The fourth-order valence-electron chi connectivity index (χ4n) is 3.12. The molecule has 3 rings (SSSR count). The van der Waals surface area contributed by atoms with Crippen molar-refractivity contribution in [2.45, 2.75) is 33.2 Å². The first-order chi connectivity index (χ1) is 13.9. The van der Waals surface area contributed by atoms with E-state index in [4.69, 9.17) is 0 Å². The smallest absolute Gasteiger partial charge is 0.252 e. The second kappa shape index (κ2) is 9.19. The number of imidazole rings is 1. The van der Waals surface area contributed by atoms with Gasteiger partial charge in [-0.1, -0.05) is 32.0 Å². The number of anilines is 1. The standard InChI is InChI=1S/C23H26N4O2/c1-16(2)14-21(26-22(28)20-7-5-4-6-17(20)3)23(29)25-18-8-10-19(11-9-18)27-13-12-24-15-27/h4-13,15-16,21H,14H2,1-3H3,(H,25,29)(H,26,28). The van der Waals surface area contributed by atoms with E-state index in [1.165, 1.54) is 0 Å². The molecule has 1 heterocycles. The largest absolute Gasteiger partial charge is 0.340 e. The third-order valence-corrected chi connectivity index (χ3v) is 4.66. The highest BCUT2D eigenvalue weighted by molar-refractivity contribution is 6.01. The van der Waals surface area contributed by atoms with Gasteiger partial charge in [-0.3, -0.25) is 9.59 Å². The number of amides is 2. The van der Waals surface area contributed by atoms with E-state index in [0.29, 0.717) is 17.7 Å². The highest BCUT2D eigenvalue weighted by Crippen LogP contribution is 2.15. The lowest BCUT2D eigenvalue weighted by Crippen LogP contribution is -2.44. The summed E-state index contributed by atoms with van der Waals surface area (Å²) < 4.78 is 1.88. The van der Waals surface area contributed by atoms with Crippen molar-refractivity contribution in [3.63, 3.8) is 0 Å². The van der Waals surface area contributed by atoms with Gasteiger partial charge >= 0.3 is 0 Å². The van der Waals surface area contributed by atoms with Gasteiger partial charge in [0.25, 0.3) is 5.91 Å². The molecule has 0 aliphatic heterocycles. The Balaban J connectivity index is 1.70. The van der Waals surface area contributed by atoms with Crippen molar-refractivity contribution in [3.8, 4) is 5.69 Å². The summed E-state index contributed by atoms with van der Waals surface area (Å²) in [6, 6.07) is 14.2. The second-order valence-corrected chi connectivity index (χ2v) is 7.48. The number of nitrogens with one attached hydrogen (secondary N) is 2. The normalized spacial score (nSPS) is 11.9. The van der Waals surface area contributed by atoms with E-state index in [-0.39, 0.29) is 17.7 Å². The van der Waals surface area contributed by atoms with Gasteiger partial charge in [0.05, 0.1) is 6.33 Å². The summed E-state index contributed by atoms with van der Waals surface area (Å²) in [6.07, 6.45) is 5.83. The molecule has 0 radical (unpaired) electrons. The van der Waals surface area contributed by atoms with Crippen LogP contribution in [-0.2, 0) is 4.79 Å². The predicted molar refractivity (Wildman–Crippen MR) is 114 cm³/mol. The van der Waals surface area contributed by atoms with Crippen molar-refractivity contribution in [1.29, 1.82) is 0 Å². The average molecular weight is 390 g/mol. The summed E-state index contributed by atoms with van der Waals surface area (Å²) in [5.41, 5.74) is 3.09. The molecule has 0 aliphatic rings. The first kappa shape index (κ1) is 20.3. The van der Waals surface area contributed by atoms with E-state index in [9.17, 15) is 9.59 Å². The molecule has 0 saturated carbocycles. The van der Waals surface area contributed by atoms with Gasteiger partial charge in [-0.2, -0.15) is 0 Å². The van der Waals surface area contributed by atoms with Crippen molar-refractivity contribution in [2.24, 2.45) is 5.92 Å². The molecule has 3 aromatic rings. The number of carbonyl (C=O) groups is 2. The summed E-state index contributed by atoms with van der Waals surface area (Å²) in [6.45, 7) is 5.94. The number of benzene rings is 2. The number of aromatic nitrogens is 2. The third-order valence-electron chi connectivity index (χ3n) is 4.66. The maximum absolute atomic E-state index is 12.9. The van der Waals surface area contributed by atoms with E-state index < -0.39 is 6.04 Å². The zero-order valence-corrected chi connectivity index (χ0v) is 16.9. The van der Waals surface area contributed by atoms with Crippen molar-refractivity contribution in [2.75, 3.05) is 5.32 Å². The zero-order valence-electron chi connectivity index (χ0n) is 16.9. The quantitative estimate of drug-likeness (QED) is 0.641. The Hall–Kier alpha value is -3.41. The monoisotopic (exact) mass is 390 g/mol. The topological polar surface area (TPSA) is 76.0 Å². The molecule has 6 nitrogen and oxygen atoms in total. The van der Waals surface area contributed by atoms with Gasteiger partial charge in [0.2, 0.25) is 5.91 Å². The Kier molecular flexibility index (Phi) is 6.44. The highest BCUT2D eigenvalue weighted by atomic mass is 16.2. The maximum atomic E-state index is 12.9. The van der Waals surface area contributed by atoms with Crippen LogP contribution >= 0.6 is 0 Å². The molecule has 2 aromatic carbocycles. The van der Waals surface area contributed by atoms with Crippen LogP contribution in [0, 0.1) is 12.8 Å². The molecule has 2 amide bonds. The summed E-state index contributed by atoms with van der Waals surface area (Å²) in [5, 5.41) is 5.81. The molecule has 1 unspecified atom stereocenters. The molecule has 0 saturated heterocycles. The average Bonchev–Trinajstić information content (AvgIpc) is 3.22. The van der Waals surface area contributed by atoms with Gasteiger partial charge in [-0.25, -0.2) is 4.98 Å². The number of rotatable bonds is 7. The van der Waals surface area contributed by atoms with Gasteiger partial charge in [0, 0.05) is 29.3 Å². The van der Waals surface area contributed by atoms with Gasteiger partial charge in [0.15, 0.2) is 0 Å². The molecule has 0 fully saturated rings. The third kappa shape index (κ3) is 5.31. The van der Waals surface area contributed by atoms with Gasteiger partial charge in [-0.15, -0.1) is 0 Å². The Morgan fingerprint density at radius 2 is 1.79 bits per heavy atom. The number of carbonyl (C=O) groups excluding carboxylic acids is 2. The maximum Gasteiger partial charge on any atom is 0.252 e. The Morgan fingerprint density at radius 1 is 1.07 bits per heavy atom. The molecule has 1 atom stereocenters. The SMILES string of the molecule is Cc1ccccc1C(=O)NC(CC(C)C)C(=O)Nc1ccc(-n2ccnc2)cc1. The minimum absolute atomic E-state index is 0.226. The van der Waals surface area contributed by atoms with Crippen LogP contribution in [0.25, 0.3) is 5.69 Å². The van der Waals surface area contributed by atoms with E-state index in [1.54, 1.807) is 18.6 Å². The molecule has 2 N–H and O–H groups in total. The van der Waals surface area contributed by atoms with Crippen LogP contribution in [0.15, 0.2) is 67.3 Å². The van der Waals surface area contributed by atoms with Crippen molar-refractivity contribution in [3.05, 3.63) is 78.4 Å². The van der Waals surface area contributed by atoms with Crippen LogP contribution in [0.2, 0.25) is 0 Å². The number of nitrogens with zero attached hydrogens (tertiary/aromatic N) is 2. The highest BCUT2D eigenvalue weighted by Gasteiger charge is 2.23. The summed E-state index contributed by atoms with van der Waals surface area (Å²) in [5.74, 6) is -0.207. The first-order valence-electron chi connectivity index (χ1n) is 9.70. The molecule has 6 heteroatoms. The molecular formula is C23H26N4O2. The Morgan fingerprint density at radius 3 is 2.41 bits per heavy atom. The first-order valence-corrected chi connectivity index (χ1v) is 9.70. The van der Waals surface area contributed by atoms with Crippen LogP contribution in [0.1, 0.15) is 36.2 Å². The number of hydrogen-bond donors (Lipinski definition) is 2. The fraction of sp³-hybridized carbons (Fsp3) is 0.261. The summed E-state index contributed by atoms with van der Waals surface area (Å²) >= 11 is 0.